The largest absolute Gasteiger partial charge is 0.288 e. The highest BCUT2D eigenvalue weighted by Crippen LogP contribution is 2.48. The maximum absolute atomic E-state index is 12.8. The normalized spacial score (nSPS) is 16.8. The van der Waals surface area contributed by atoms with Crippen molar-refractivity contribution < 1.29 is 9.59 Å². The van der Waals surface area contributed by atoms with Gasteiger partial charge in [-0.2, -0.15) is 0 Å². The van der Waals surface area contributed by atoms with Gasteiger partial charge in [0.05, 0.1) is 5.57 Å². The third-order valence-corrected chi connectivity index (χ3v) is 7.67. The van der Waals surface area contributed by atoms with E-state index < -0.39 is 0 Å². The molecular formula is C29H24N2O2S. The van der Waals surface area contributed by atoms with Crippen molar-refractivity contribution in [2.75, 3.05) is 4.90 Å². The lowest BCUT2D eigenvalue weighted by molar-refractivity contribution is 0.0990. The predicted molar refractivity (Wildman–Crippen MR) is 139 cm³/mol. The van der Waals surface area contributed by atoms with E-state index in [4.69, 9.17) is 4.98 Å². The molecule has 0 atom stereocenters. The van der Waals surface area contributed by atoms with Gasteiger partial charge in [0, 0.05) is 38.9 Å². The molecule has 168 valence electrons. The summed E-state index contributed by atoms with van der Waals surface area (Å²) in [6.07, 6.45) is 9.27. The van der Waals surface area contributed by atoms with Crippen LogP contribution < -0.4 is 4.90 Å². The van der Waals surface area contributed by atoms with E-state index in [-0.39, 0.29) is 22.6 Å². The second kappa shape index (κ2) is 8.19. The number of nitrogens with zero attached hydrogens (tertiary/aromatic N) is 2. The van der Waals surface area contributed by atoms with Crippen LogP contribution >= 0.6 is 11.3 Å². The Morgan fingerprint density at radius 3 is 2.38 bits per heavy atom. The highest BCUT2D eigenvalue weighted by molar-refractivity contribution is 7.17. The van der Waals surface area contributed by atoms with E-state index in [0.717, 1.165) is 27.0 Å². The van der Waals surface area contributed by atoms with E-state index in [2.05, 4.69) is 44.4 Å². The van der Waals surface area contributed by atoms with Crippen molar-refractivity contribution in [2.24, 2.45) is 0 Å². The zero-order valence-corrected chi connectivity index (χ0v) is 20.1. The molecule has 0 saturated carbocycles. The molecule has 1 aliphatic carbocycles. The molecule has 5 rings (SSSR count). The van der Waals surface area contributed by atoms with Gasteiger partial charge in [0.25, 0.3) is 0 Å². The minimum absolute atomic E-state index is 0.183. The Morgan fingerprint density at radius 1 is 1.00 bits per heavy atom. The molecule has 3 aromatic rings. The van der Waals surface area contributed by atoms with Crippen LogP contribution in [0.2, 0.25) is 0 Å². The van der Waals surface area contributed by atoms with Crippen LogP contribution in [0.1, 0.15) is 51.9 Å². The zero-order chi connectivity index (χ0) is 24.0. The van der Waals surface area contributed by atoms with Gasteiger partial charge in [0.2, 0.25) is 0 Å². The van der Waals surface area contributed by atoms with Gasteiger partial charge in [-0.3, -0.25) is 14.5 Å². The van der Waals surface area contributed by atoms with Crippen LogP contribution in [0.4, 0.5) is 10.8 Å². The molecule has 0 bridgehead atoms. The molecule has 3 heterocycles. The molecule has 5 heteroatoms. The molecular weight excluding hydrogens is 440 g/mol. The summed E-state index contributed by atoms with van der Waals surface area (Å²) in [6.45, 7) is 10.4. The molecule has 0 saturated heterocycles. The predicted octanol–water partition coefficient (Wildman–Crippen LogP) is 7.05. The van der Waals surface area contributed by atoms with Crippen LogP contribution in [0.3, 0.4) is 0 Å². The third kappa shape index (κ3) is 3.32. The Bertz CT molecular complexity index is 1420. The number of pyridine rings is 1. The summed E-state index contributed by atoms with van der Waals surface area (Å²) >= 11 is 1.52. The Hall–Kier alpha value is -3.83. The summed E-state index contributed by atoms with van der Waals surface area (Å²) in [7, 11) is 0. The van der Waals surface area contributed by atoms with E-state index in [0.29, 0.717) is 11.1 Å². The van der Waals surface area contributed by atoms with Crippen molar-refractivity contribution in [2.45, 2.75) is 26.2 Å². The van der Waals surface area contributed by atoms with Gasteiger partial charge >= 0.3 is 0 Å². The lowest BCUT2D eigenvalue weighted by Crippen LogP contribution is -2.33. The van der Waals surface area contributed by atoms with Crippen molar-refractivity contribution in [3.63, 3.8) is 0 Å². The fourth-order valence-electron chi connectivity index (χ4n) is 4.53. The van der Waals surface area contributed by atoms with Gasteiger partial charge in [0.1, 0.15) is 10.8 Å². The van der Waals surface area contributed by atoms with E-state index in [1.807, 2.05) is 24.3 Å². The Kier molecular flexibility index (Phi) is 5.29. The van der Waals surface area contributed by atoms with Crippen molar-refractivity contribution in [3.8, 4) is 0 Å². The molecule has 2 aliphatic rings. The Balaban J connectivity index is 1.61. The van der Waals surface area contributed by atoms with Gasteiger partial charge in [-0.15, -0.1) is 11.3 Å². The van der Waals surface area contributed by atoms with Crippen LogP contribution in [0, 0.1) is 0 Å². The number of carbonyl (C=O) groups is 2. The average molecular weight is 465 g/mol. The fourth-order valence-corrected chi connectivity index (χ4v) is 5.50. The van der Waals surface area contributed by atoms with Crippen LogP contribution in [0.15, 0.2) is 96.4 Å². The van der Waals surface area contributed by atoms with Crippen molar-refractivity contribution in [1.29, 1.82) is 0 Å². The van der Waals surface area contributed by atoms with Crippen LogP contribution in [-0.4, -0.2) is 16.6 Å². The first-order valence-corrected chi connectivity index (χ1v) is 11.9. The first-order chi connectivity index (χ1) is 16.3. The van der Waals surface area contributed by atoms with Gasteiger partial charge in [-0.1, -0.05) is 62.9 Å². The van der Waals surface area contributed by atoms with Gasteiger partial charge in [-0.05, 0) is 42.8 Å². The van der Waals surface area contributed by atoms with Gasteiger partial charge in [-0.25, -0.2) is 4.98 Å². The maximum Gasteiger partial charge on any atom is 0.197 e. The first kappa shape index (κ1) is 22.0. The summed E-state index contributed by atoms with van der Waals surface area (Å²) in [6, 6.07) is 15.0. The monoisotopic (exact) mass is 464 g/mol. The van der Waals surface area contributed by atoms with Gasteiger partial charge in [0.15, 0.2) is 11.6 Å². The Labute approximate surface area is 203 Å². The minimum Gasteiger partial charge on any atom is -0.288 e. The molecule has 4 nitrogen and oxygen atoms in total. The number of allylic oxidation sites excluding steroid dienone is 5. The number of benzene rings is 1. The second-order valence-corrected chi connectivity index (χ2v) is 9.97. The minimum atomic E-state index is -0.215. The molecule has 0 amide bonds. The summed E-state index contributed by atoms with van der Waals surface area (Å²) in [5, 5.41) is 0.959. The Morgan fingerprint density at radius 2 is 1.71 bits per heavy atom. The molecule has 0 unspecified atom stereocenters. The highest BCUT2D eigenvalue weighted by Gasteiger charge is 2.37. The van der Waals surface area contributed by atoms with Crippen molar-refractivity contribution >= 4 is 39.8 Å². The topological polar surface area (TPSA) is 50.3 Å². The lowest BCUT2D eigenvalue weighted by Gasteiger charge is -2.40. The van der Waals surface area contributed by atoms with E-state index in [1.165, 1.54) is 16.9 Å². The van der Waals surface area contributed by atoms with Crippen LogP contribution in [0.5, 0.6) is 0 Å². The van der Waals surface area contributed by atoms with E-state index in [1.54, 1.807) is 42.6 Å². The number of hydrogen-bond donors (Lipinski definition) is 0. The number of aromatic nitrogens is 1. The smallest absolute Gasteiger partial charge is 0.197 e. The van der Waals surface area contributed by atoms with Crippen molar-refractivity contribution in [1.82, 2.24) is 4.98 Å². The quantitative estimate of drug-likeness (QED) is 0.236. The SMILES string of the molecule is C=C/C=C\C1=C(C)C(C)(C)c2cccnc2N1c1ccc(C=C2C(=O)c3ccccc3C2=O)s1. The summed E-state index contributed by atoms with van der Waals surface area (Å²) in [4.78, 5) is 33.4. The van der Waals surface area contributed by atoms with Crippen molar-refractivity contribution in [3.05, 3.63) is 118 Å². The standard InChI is InChI=1S/C29H24N2O2S/c1-5-6-13-24-18(2)29(3,4)23-12-9-16-30-28(23)31(24)25-15-14-19(34-25)17-22-26(32)20-10-7-8-11-21(20)27(22)33/h5-17H,1H2,2-4H3/b13-6-. The van der Waals surface area contributed by atoms with E-state index in [9.17, 15) is 9.59 Å². The summed E-state index contributed by atoms with van der Waals surface area (Å²) in [5.41, 5.74) is 4.38. The first-order valence-electron chi connectivity index (χ1n) is 11.1. The molecule has 1 aromatic carbocycles. The van der Waals surface area contributed by atoms with Crippen LogP contribution in [-0.2, 0) is 5.41 Å². The number of rotatable bonds is 4. The molecule has 2 aromatic heterocycles. The van der Waals surface area contributed by atoms with Crippen LogP contribution in [0.25, 0.3) is 6.08 Å². The highest BCUT2D eigenvalue weighted by atomic mass is 32.1. The number of fused-ring (bicyclic) bond motifs is 2. The number of carbonyl (C=O) groups excluding carboxylic acids is 2. The fraction of sp³-hybridized carbons (Fsp3) is 0.138. The van der Waals surface area contributed by atoms with Gasteiger partial charge < -0.3 is 0 Å². The molecule has 0 spiro atoms. The van der Waals surface area contributed by atoms with E-state index >= 15 is 0 Å². The molecule has 0 radical (unpaired) electrons. The number of ketones is 2. The number of anilines is 2. The average Bonchev–Trinajstić information content (AvgIpc) is 3.40. The zero-order valence-electron chi connectivity index (χ0n) is 19.3. The molecule has 1 aliphatic heterocycles. The number of hydrogen-bond acceptors (Lipinski definition) is 5. The summed E-state index contributed by atoms with van der Waals surface area (Å²) in [5.74, 6) is 0.448. The molecule has 0 fully saturated rings. The summed E-state index contributed by atoms with van der Waals surface area (Å²) < 4.78 is 0. The number of thiophene rings is 1. The number of Topliss-reactive ketones (excluding diaryl/α,β-unsaturated/α-hetero) is 2. The molecule has 0 N–H and O–H groups in total. The molecule has 34 heavy (non-hydrogen) atoms. The lowest BCUT2D eigenvalue weighted by atomic mass is 9.75. The maximum atomic E-state index is 12.8. The second-order valence-electron chi connectivity index (χ2n) is 8.88. The third-order valence-electron chi connectivity index (χ3n) is 6.65.